The van der Waals surface area contributed by atoms with Gasteiger partial charge in [0.15, 0.2) is 10.8 Å². The molecule has 0 spiro atoms. The number of ether oxygens (including phenoxy) is 1. The average molecular weight is 388 g/mol. The fraction of sp³-hybridized carbons (Fsp3) is 0.133. The Morgan fingerprint density at radius 2 is 1.83 bits per heavy atom. The number of methoxy groups -OCH3 is 1. The molecule has 1 aromatic carbocycles. The van der Waals surface area contributed by atoms with Gasteiger partial charge < -0.3 is 10.5 Å². The van der Waals surface area contributed by atoms with Gasteiger partial charge in [0.25, 0.3) is 5.91 Å². The molecule has 0 aliphatic rings. The van der Waals surface area contributed by atoms with Crippen molar-refractivity contribution in [3.05, 3.63) is 50.7 Å². The van der Waals surface area contributed by atoms with Crippen molar-refractivity contribution in [3.63, 3.8) is 0 Å². The van der Waals surface area contributed by atoms with Gasteiger partial charge in [0.1, 0.15) is 10.8 Å². The van der Waals surface area contributed by atoms with Crippen molar-refractivity contribution in [1.82, 2.24) is 10.4 Å². The minimum Gasteiger partial charge on any atom is -0.497 e. The number of aromatic nitrogens is 1. The number of hydrogen-bond donors (Lipinski definition) is 2. The summed E-state index contributed by atoms with van der Waals surface area (Å²) in [6.07, 6.45) is 0. The number of benzene rings is 1. The van der Waals surface area contributed by atoms with Crippen LogP contribution in [0, 0.1) is 0 Å². The largest absolute Gasteiger partial charge is 0.497 e. The van der Waals surface area contributed by atoms with Gasteiger partial charge in [-0.15, -0.1) is 0 Å². The van der Waals surface area contributed by atoms with E-state index in [2.05, 4.69) is 15.5 Å². The first kappa shape index (κ1) is 18.3. The lowest BCUT2D eigenvalue weighted by Crippen LogP contribution is -2.21. The number of carbonyl (C=O) groups is 1. The molecule has 1 amide bonds. The van der Waals surface area contributed by atoms with Crippen molar-refractivity contribution < 1.29 is 9.53 Å². The summed E-state index contributed by atoms with van der Waals surface area (Å²) in [6.45, 7) is 1.74. The van der Waals surface area contributed by atoms with Gasteiger partial charge in [-0.25, -0.2) is 10.4 Å². The molecule has 0 saturated heterocycles. The number of amides is 1. The van der Waals surface area contributed by atoms with Gasteiger partial charge in [-0.1, -0.05) is 34.8 Å². The first-order valence-electron chi connectivity index (χ1n) is 6.64. The number of halogens is 3. The van der Waals surface area contributed by atoms with Crippen LogP contribution in [-0.4, -0.2) is 23.7 Å². The first-order valence-corrected chi connectivity index (χ1v) is 7.77. The van der Waals surface area contributed by atoms with Gasteiger partial charge in [0.05, 0.1) is 23.5 Å². The molecule has 2 rings (SSSR count). The Hall–Kier alpha value is -2.02. The molecule has 1 heterocycles. The smallest absolute Gasteiger partial charge is 0.291 e. The number of nitrogens with zero attached hydrogens (tertiary/aromatic N) is 2. The Morgan fingerprint density at radius 3 is 2.42 bits per heavy atom. The summed E-state index contributed by atoms with van der Waals surface area (Å²) in [5.74, 6) is 0.0657. The number of hydrazone groups is 1. The molecule has 0 fully saturated rings. The van der Waals surface area contributed by atoms with Crippen LogP contribution < -0.4 is 15.9 Å². The molecule has 0 radical (unpaired) electrons. The van der Waals surface area contributed by atoms with Crippen molar-refractivity contribution in [3.8, 4) is 5.75 Å². The lowest BCUT2D eigenvalue weighted by Gasteiger charge is -2.08. The summed E-state index contributed by atoms with van der Waals surface area (Å²) >= 11 is 17.6. The van der Waals surface area contributed by atoms with E-state index in [9.17, 15) is 4.79 Å². The normalized spacial score (nSPS) is 11.3. The Morgan fingerprint density at radius 1 is 1.21 bits per heavy atom. The monoisotopic (exact) mass is 386 g/mol. The summed E-state index contributed by atoms with van der Waals surface area (Å²) in [6, 6.07) is 7.20. The van der Waals surface area contributed by atoms with Crippen LogP contribution in [0.1, 0.15) is 23.0 Å². The molecule has 0 unspecified atom stereocenters. The molecule has 0 bridgehead atoms. The molecular formula is C15H13Cl3N4O2. The molecule has 0 aliphatic heterocycles. The molecule has 24 heavy (non-hydrogen) atoms. The molecular weight excluding hydrogens is 375 g/mol. The summed E-state index contributed by atoms with van der Waals surface area (Å²) < 4.78 is 5.08. The van der Waals surface area contributed by atoms with E-state index < -0.39 is 5.91 Å². The third-order valence-electron chi connectivity index (χ3n) is 3.12. The van der Waals surface area contributed by atoms with Gasteiger partial charge in [-0.2, -0.15) is 5.10 Å². The molecule has 0 saturated carbocycles. The van der Waals surface area contributed by atoms with Gasteiger partial charge in [-0.3, -0.25) is 4.79 Å². The molecule has 9 heteroatoms. The Labute approximate surface area is 153 Å². The second kappa shape index (κ2) is 7.70. The van der Waals surface area contributed by atoms with Crippen LogP contribution in [0.2, 0.25) is 15.2 Å². The molecule has 126 valence electrons. The highest BCUT2D eigenvalue weighted by Crippen LogP contribution is 2.34. The maximum absolute atomic E-state index is 12.2. The zero-order valence-electron chi connectivity index (χ0n) is 12.7. The van der Waals surface area contributed by atoms with E-state index in [-0.39, 0.29) is 26.6 Å². The SMILES string of the molecule is COc1ccc(/C(C)=N\NC(=O)c2nc(Cl)c(Cl)c(N)c2Cl)cc1. The number of carbonyl (C=O) groups excluding carboxylic acids is 1. The summed E-state index contributed by atoms with van der Waals surface area (Å²) in [7, 11) is 1.58. The fourth-order valence-electron chi connectivity index (χ4n) is 1.77. The van der Waals surface area contributed by atoms with Gasteiger partial charge >= 0.3 is 0 Å². The fourth-order valence-corrected chi connectivity index (χ4v) is 2.36. The molecule has 3 N–H and O–H groups in total. The Balaban J connectivity index is 2.20. The van der Waals surface area contributed by atoms with E-state index >= 15 is 0 Å². The number of pyridine rings is 1. The lowest BCUT2D eigenvalue weighted by molar-refractivity contribution is 0.0950. The van der Waals surface area contributed by atoms with Crippen LogP contribution in [0.15, 0.2) is 29.4 Å². The van der Waals surface area contributed by atoms with E-state index in [1.54, 1.807) is 26.2 Å². The average Bonchev–Trinajstić information content (AvgIpc) is 2.60. The van der Waals surface area contributed by atoms with E-state index in [1.165, 1.54) is 0 Å². The van der Waals surface area contributed by atoms with Gasteiger partial charge in [0.2, 0.25) is 0 Å². The molecule has 6 nitrogen and oxygen atoms in total. The minimum atomic E-state index is -0.655. The number of nitrogens with one attached hydrogen (secondary N) is 1. The predicted molar refractivity (Wildman–Crippen MR) is 96.4 cm³/mol. The highest BCUT2D eigenvalue weighted by Gasteiger charge is 2.19. The standard InChI is InChI=1S/C15H13Cl3N4O2/c1-7(8-3-5-9(24-2)6-4-8)21-22-15(23)13-10(16)12(19)11(17)14(18)20-13/h3-6H,1-2H3,(H2,19,20)(H,22,23)/b21-7-. The van der Waals surface area contributed by atoms with Crippen molar-refractivity contribution in [2.75, 3.05) is 12.8 Å². The molecule has 0 aliphatic carbocycles. The summed E-state index contributed by atoms with van der Waals surface area (Å²) in [5, 5.41) is 3.81. The molecule has 2 aromatic rings. The second-order valence-corrected chi connectivity index (χ2v) is 5.77. The number of nitrogen functional groups attached to an aromatic ring is 1. The maximum atomic E-state index is 12.2. The minimum absolute atomic E-state index is 0.00358. The summed E-state index contributed by atoms with van der Waals surface area (Å²) in [5.41, 5.74) is 9.25. The zero-order chi connectivity index (χ0) is 17.9. The van der Waals surface area contributed by atoms with Crippen molar-refractivity contribution in [2.45, 2.75) is 6.92 Å². The van der Waals surface area contributed by atoms with E-state index in [0.29, 0.717) is 5.71 Å². The van der Waals surface area contributed by atoms with Crippen LogP contribution in [0.25, 0.3) is 0 Å². The van der Waals surface area contributed by atoms with E-state index in [0.717, 1.165) is 11.3 Å². The number of nitrogens with two attached hydrogens (primary N) is 1. The number of hydrogen-bond acceptors (Lipinski definition) is 5. The third-order valence-corrected chi connectivity index (χ3v) is 4.26. The van der Waals surface area contributed by atoms with Crippen molar-refractivity contribution >= 4 is 52.1 Å². The van der Waals surface area contributed by atoms with Crippen molar-refractivity contribution in [1.29, 1.82) is 0 Å². The topological polar surface area (TPSA) is 89.6 Å². The van der Waals surface area contributed by atoms with Gasteiger partial charge in [-0.05, 0) is 36.8 Å². The molecule has 0 atom stereocenters. The lowest BCUT2D eigenvalue weighted by atomic mass is 10.1. The molecule has 1 aromatic heterocycles. The summed E-state index contributed by atoms with van der Waals surface area (Å²) in [4.78, 5) is 16.0. The van der Waals surface area contributed by atoms with Crippen LogP contribution in [0.4, 0.5) is 5.69 Å². The Kier molecular flexibility index (Phi) is 5.88. The highest BCUT2D eigenvalue weighted by molar-refractivity contribution is 6.46. The Bertz CT molecular complexity index is 807. The van der Waals surface area contributed by atoms with Crippen LogP contribution >= 0.6 is 34.8 Å². The van der Waals surface area contributed by atoms with Crippen molar-refractivity contribution in [2.24, 2.45) is 5.10 Å². The van der Waals surface area contributed by atoms with E-state index in [4.69, 9.17) is 45.3 Å². The zero-order valence-corrected chi connectivity index (χ0v) is 15.0. The van der Waals surface area contributed by atoms with Crippen LogP contribution in [0.3, 0.4) is 0 Å². The quantitative estimate of drug-likeness (QED) is 0.474. The maximum Gasteiger partial charge on any atom is 0.291 e. The number of rotatable bonds is 4. The van der Waals surface area contributed by atoms with E-state index in [1.807, 2.05) is 12.1 Å². The number of anilines is 1. The highest BCUT2D eigenvalue weighted by atomic mass is 35.5. The van der Waals surface area contributed by atoms with Crippen LogP contribution in [-0.2, 0) is 0 Å². The third kappa shape index (κ3) is 3.90. The second-order valence-electron chi connectivity index (χ2n) is 4.66. The first-order chi connectivity index (χ1) is 11.3. The van der Waals surface area contributed by atoms with Crippen LogP contribution in [0.5, 0.6) is 5.75 Å². The van der Waals surface area contributed by atoms with Gasteiger partial charge in [0, 0.05) is 0 Å². The predicted octanol–water partition coefficient (Wildman–Crippen LogP) is 3.79.